The standard InChI is InChI=1S/C25H35N3O2/c1-4-5-8-19(3)22-15-24(28-21-9-6-7-18(2)14-21)26-17-23(22)25(29)27-16-20-10-12-30-13-11-20/h6-7,9,14-15,17,19-20H,4-5,8,10-13,16H2,1-3H3,(H,26,28)(H,27,29). The van der Waals surface area contributed by atoms with Crippen LogP contribution < -0.4 is 10.6 Å². The number of nitrogens with zero attached hydrogens (tertiary/aromatic N) is 1. The van der Waals surface area contributed by atoms with Crippen LogP contribution in [0.3, 0.4) is 0 Å². The van der Waals surface area contributed by atoms with Gasteiger partial charge in [-0.3, -0.25) is 4.79 Å². The summed E-state index contributed by atoms with van der Waals surface area (Å²) in [6.45, 7) is 8.76. The Morgan fingerprint density at radius 2 is 2.07 bits per heavy atom. The lowest BCUT2D eigenvalue weighted by Crippen LogP contribution is -2.33. The quantitative estimate of drug-likeness (QED) is 0.567. The molecule has 1 unspecified atom stereocenters. The molecule has 2 aromatic rings. The molecule has 0 radical (unpaired) electrons. The molecular formula is C25H35N3O2. The third kappa shape index (κ3) is 6.30. The van der Waals surface area contributed by atoms with E-state index < -0.39 is 0 Å². The van der Waals surface area contributed by atoms with Crippen molar-refractivity contribution in [3.63, 3.8) is 0 Å². The van der Waals surface area contributed by atoms with Crippen molar-refractivity contribution in [2.24, 2.45) is 5.92 Å². The van der Waals surface area contributed by atoms with Crippen LogP contribution in [-0.2, 0) is 4.74 Å². The minimum Gasteiger partial charge on any atom is -0.381 e. The molecule has 5 heteroatoms. The summed E-state index contributed by atoms with van der Waals surface area (Å²) in [7, 11) is 0. The number of unbranched alkanes of at least 4 members (excludes halogenated alkanes) is 1. The van der Waals surface area contributed by atoms with Gasteiger partial charge in [-0.25, -0.2) is 4.98 Å². The third-order valence-corrected chi connectivity index (χ3v) is 5.88. The first kappa shape index (κ1) is 22.3. The first-order valence-corrected chi connectivity index (χ1v) is 11.3. The normalized spacial score (nSPS) is 15.6. The van der Waals surface area contributed by atoms with Crippen LogP contribution >= 0.6 is 0 Å². The molecule has 2 heterocycles. The Morgan fingerprint density at radius 1 is 1.27 bits per heavy atom. The average Bonchev–Trinajstić information content (AvgIpc) is 2.76. The number of hydrogen-bond acceptors (Lipinski definition) is 4. The maximum absolute atomic E-state index is 13.0. The van der Waals surface area contributed by atoms with E-state index in [0.29, 0.717) is 23.9 Å². The second-order valence-corrected chi connectivity index (χ2v) is 8.46. The molecule has 0 saturated carbocycles. The lowest BCUT2D eigenvalue weighted by molar-refractivity contribution is 0.0642. The van der Waals surface area contributed by atoms with Gasteiger partial charge in [0.15, 0.2) is 0 Å². The van der Waals surface area contributed by atoms with E-state index in [9.17, 15) is 4.79 Å². The predicted molar refractivity (Wildman–Crippen MR) is 123 cm³/mol. The van der Waals surface area contributed by atoms with Gasteiger partial charge in [-0.15, -0.1) is 0 Å². The zero-order chi connectivity index (χ0) is 21.3. The van der Waals surface area contributed by atoms with Crippen molar-refractivity contribution in [3.8, 4) is 0 Å². The Morgan fingerprint density at radius 3 is 2.80 bits per heavy atom. The molecule has 5 nitrogen and oxygen atoms in total. The van der Waals surface area contributed by atoms with Crippen molar-refractivity contribution in [2.75, 3.05) is 25.1 Å². The van der Waals surface area contributed by atoms with E-state index in [1.54, 1.807) is 6.20 Å². The fourth-order valence-corrected chi connectivity index (χ4v) is 3.96. The monoisotopic (exact) mass is 409 g/mol. The number of benzene rings is 1. The number of anilines is 2. The highest BCUT2D eigenvalue weighted by Gasteiger charge is 2.20. The number of rotatable bonds is 9. The highest BCUT2D eigenvalue weighted by molar-refractivity contribution is 5.96. The Labute approximate surface area is 180 Å². The zero-order valence-corrected chi connectivity index (χ0v) is 18.5. The summed E-state index contributed by atoms with van der Waals surface area (Å²) >= 11 is 0. The summed E-state index contributed by atoms with van der Waals surface area (Å²) in [5, 5.41) is 6.53. The molecule has 3 rings (SSSR count). The van der Waals surface area contributed by atoms with E-state index >= 15 is 0 Å². The fraction of sp³-hybridized carbons (Fsp3) is 0.520. The predicted octanol–water partition coefficient (Wildman–Crippen LogP) is 5.58. The van der Waals surface area contributed by atoms with Crippen LogP contribution in [0.15, 0.2) is 36.5 Å². The van der Waals surface area contributed by atoms with E-state index in [2.05, 4.69) is 48.5 Å². The molecular weight excluding hydrogens is 374 g/mol. The van der Waals surface area contributed by atoms with Crippen molar-refractivity contribution in [3.05, 3.63) is 53.2 Å². The number of aryl methyl sites for hydroxylation is 1. The summed E-state index contributed by atoms with van der Waals surface area (Å²) in [4.78, 5) is 17.5. The van der Waals surface area contributed by atoms with E-state index in [1.165, 1.54) is 5.56 Å². The molecule has 1 atom stereocenters. The first-order chi connectivity index (χ1) is 14.6. The van der Waals surface area contributed by atoms with E-state index in [-0.39, 0.29) is 5.91 Å². The second-order valence-electron chi connectivity index (χ2n) is 8.46. The number of amides is 1. The van der Waals surface area contributed by atoms with Crippen LogP contribution in [0, 0.1) is 12.8 Å². The van der Waals surface area contributed by atoms with Gasteiger partial charge in [0, 0.05) is 31.6 Å². The summed E-state index contributed by atoms with van der Waals surface area (Å²) in [6, 6.07) is 10.3. The van der Waals surface area contributed by atoms with Gasteiger partial charge in [-0.1, -0.05) is 38.8 Å². The number of pyridine rings is 1. The topological polar surface area (TPSA) is 63.2 Å². The largest absolute Gasteiger partial charge is 0.381 e. The summed E-state index contributed by atoms with van der Waals surface area (Å²) in [5.41, 5.74) is 3.96. The maximum Gasteiger partial charge on any atom is 0.253 e. The molecule has 1 amide bonds. The van der Waals surface area contributed by atoms with Crippen LogP contribution in [0.1, 0.15) is 73.4 Å². The molecule has 0 spiro atoms. The minimum atomic E-state index is -0.0190. The molecule has 30 heavy (non-hydrogen) atoms. The summed E-state index contributed by atoms with van der Waals surface area (Å²) in [6.07, 6.45) is 7.11. The summed E-state index contributed by atoms with van der Waals surface area (Å²) < 4.78 is 5.42. The van der Waals surface area contributed by atoms with Gasteiger partial charge in [-0.2, -0.15) is 0 Å². The molecule has 0 aliphatic carbocycles. The Hall–Kier alpha value is -2.40. The minimum absolute atomic E-state index is 0.0190. The SMILES string of the molecule is CCCCC(C)c1cc(Nc2cccc(C)c2)ncc1C(=O)NCC1CCOCC1. The Kier molecular flexibility index (Phi) is 8.26. The average molecular weight is 410 g/mol. The molecule has 1 aliphatic rings. The Bertz CT molecular complexity index is 831. The molecule has 1 aromatic heterocycles. The Balaban J connectivity index is 1.77. The lowest BCUT2D eigenvalue weighted by Gasteiger charge is -2.23. The summed E-state index contributed by atoms with van der Waals surface area (Å²) in [5.74, 6) is 1.56. The van der Waals surface area contributed by atoms with Gasteiger partial charge in [0.1, 0.15) is 5.82 Å². The number of ether oxygens (including phenoxy) is 1. The van der Waals surface area contributed by atoms with Crippen molar-refractivity contribution < 1.29 is 9.53 Å². The smallest absolute Gasteiger partial charge is 0.253 e. The van der Waals surface area contributed by atoms with Crippen LogP contribution in [-0.4, -0.2) is 30.6 Å². The second kappa shape index (κ2) is 11.1. The number of carbonyl (C=O) groups excluding carboxylic acids is 1. The van der Waals surface area contributed by atoms with Crippen LogP contribution in [0.5, 0.6) is 0 Å². The highest BCUT2D eigenvalue weighted by Crippen LogP contribution is 2.28. The van der Waals surface area contributed by atoms with Gasteiger partial charge in [0.2, 0.25) is 0 Å². The molecule has 0 bridgehead atoms. The van der Waals surface area contributed by atoms with Crippen molar-refractivity contribution in [1.29, 1.82) is 0 Å². The highest BCUT2D eigenvalue weighted by atomic mass is 16.5. The number of nitrogens with one attached hydrogen (secondary N) is 2. The number of hydrogen-bond donors (Lipinski definition) is 2. The van der Waals surface area contributed by atoms with Crippen LogP contribution in [0.2, 0.25) is 0 Å². The van der Waals surface area contributed by atoms with Gasteiger partial charge < -0.3 is 15.4 Å². The maximum atomic E-state index is 13.0. The van der Waals surface area contributed by atoms with Gasteiger partial charge in [0.05, 0.1) is 5.56 Å². The van der Waals surface area contributed by atoms with Gasteiger partial charge in [0.25, 0.3) is 5.91 Å². The van der Waals surface area contributed by atoms with Gasteiger partial charge in [-0.05, 0) is 67.3 Å². The molecule has 1 aromatic carbocycles. The zero-order valence-electron chi connectivity index (χ0n) is 18.5. The van der Waals surface area contributed by atoms with E-state index in [1.807, 2.05) is 18.2 Å². The van der Waals surface area contributed by atoms with E-state index in [4.69, 9.17) is 4.74 Å². The number of aromatic nitrogens is 1. The molecule has 1 aliphatic heterocycles. The molecule has 2 N–H and O–H groups in total. The van der Waals surface area contributed by atoms with Crippen molar-refractivity contribution >= 4 is 17.4 Å². The first-order valence-electron chi connectivity index (χ1n) is 11.3. The van der Waals surface area contributed by atoms with Crippen LogP contribution in [0.4, 0.5) is 11.5 Å². The fourth-order valence-electron chi connectivity index (χ4n) is 3.96. The van der Waals surface area contributed by atoms with Crippen LogP contribution in [0.25, 0.3) is 0 Å². The number of carbonyl (C=O) groups is 1. The molecule has 1 fully saturated rings. The molecule has 162 valence electrons. The van der Waals surface area contributed by atoms with Crippen molar-refractivity contribution in [2.45, 2.75) is 58.8 Å². The molecule has 1 saturated heterocycles. The lowest BCUT2D eigenvalue weighted by atomic mass is 9.92. The third-order valence-electron chi connectivity index (χ3n) is 5.88. The van der Waals surface area contributed by atoms with E-state index in [0.717, 1.165) is 62.4 Å². The van der Waals surface area contributed by atoms with Gasteiger partial charge >= 0.3 is 0 Å². The van der Waals surface area contributed by atoms with Crippen molar-refractivity contribution in [1.82, 2.24) is 10.3 Å².